The van der Waals surface area contributed by atoms with E-state index in [0.717, 1.165) is 37.9 Å². The number of rotatable bonds is 6. The Morgan fingerprint density at radius 2 is 1.95 bits per heavy atom. The fourth-order valence-corrected chi connectivity index (χ4v) is 4.68. The van der Waals surface area contributed by atoms with Gasteiger partial charge in [-0.2, -0.15) is 0 Å². The lowest BCUT2D eigenvalue weighted by atomic mass is 10.1. The summed E-state index contributed by atoms with van der Waals surface area (Å²) in [6.07, 6.45) is 2.83. The minimum atomic E-state index is -0.586. The molecule has 1 saturated heterocycles. The summed E-state index contributed by atoms with van der Waals surface area (Å²) >= 11 is 5.25. The second-order valence-corrected chi connectivity index (χ2v) is 9.38. The Bertz CT molecular complexity index is 1560. The van der Waals surface area contributed by atoms with Crippen molar-refractivity contribution in [2.75, 3.05) is 23.3 Å². The van der Waals surface area contributed by atoms with Crippen molar-refractivity contribution >= 4 is 51.4 Å². The van der Waals surface area contributed by atoms with Crippen LogP contribution in [0.4, 0.5) is 17.1 Å². The number of oxazole rings is 1. The van der Waals surface area contributed by atoms with Gasteiger partial charge in [-0.3, -0.25) is 20.2 Å². The summed E-state index contributed by atoms with van der Waals surface area (Å²) < 4.78 is 5.80. The van der Waals surface area contributed by atoms with Crippen LogP contribution in [0.5, 0.6) is 5.75 Å². The first-order valence-corrected chi connectivity index (χ1v) is 12.6. The smallest absolute Gasteiger partial charge is 0.293 e. The lowest BCUT2D eigenvalue weighted by Crippen LogP contribution is -2.34. The van der Waals surface area contributed by atoms with Gasteiger partial charge in [0.05, 0.1) is 10.5 Å². The maximum absolute atomic E-state index is 12.7. The van der Waals surface area contributed by atoms with Gasteiger partial charge in [0.2, 0.25) is 5.89 Å². The van der Waals surface area contributed by atoms with Crippen LogP contribution in [-0.4, -0.2) is 39.1 Å². The fourth-order valence-electron chi connectivity index (χ4n) is 4.47. The van der Waals surface area contributed by atoms with Crippen molar-refractivity contribution in [2.45, 2.75) is 26.2 Å². The molecule has 5 rings (SSSR count). The molecule has 194 valence electrons. The number of nitro groups is 1. The Balaban J connectivity index is 1.27. The Kier molecular flexibility index (Phi) is 6.93. The lowest BCUT2D eigenvalue weighted by molar-refractivity contribution is -0.384. The molecule has 0 saturated carbocycles. The number of thiocarbonyl (C=S) groups is 1. The highest BCUT2D eigenvalue weighted by atomic mass is 32.1. The number of anilines is 2. The molecule has 0 spiro atoms. The van der Waals surface area contributed by atoms with Crippen molar-refractivity contribution in [3.63, 3.8) is 0 Å². The van der Waals surface area contributed by atoms with Crippen LogP contribution in [-0.2, 0) is 6.42 Å². The first kappa shape index (κ1) is 25.2. The van der Waals surface area contributed by atoms with Gasteiger partial charge in [-0.1, -0.05) is 13.0 Å². The summed E-state index contributed by atoms with van der Waals surface area (Å²) in [6, 6.07) is 14.9. The third-order valence-electron chi connectivity index (χ3n) is 6.45. The number of phenolic OH excluding ortho intramolecular Hbond substituents is 1. The van der Waals surface area contributed by atoms with E-state index in [1.54, 1.807) is 24.3 Å². The first-order chi connectivity index (χ1) is 18.3. The number of benzene rings is 3. The predicted molar refractivity (Wildman–Crippen MR) is 149 cm³/mol. The largest absolute Gasteiger partial charge is 0.507 e. The van der Waals surface area contributed by atoms with Crippen molar-refractivity contribution in [3.8, 4) is 17.2 Å². The van der Waals surface area contributed by atoms with Crippen molar-refractivity contribution < 1.29 is 19.2 Å². The Morgan fingerprint density at radius 3 is 2.66 bits per heavy atom. The van der Waals surface area contributed by atoms with Crippen molar-refractivity contribution in [1.82, 2.24) is 10.3 Å². The number of nitrogens with one attached hydrogen (secondary N) is 2. The van der Waals surface area contributed by atoms with Gasteiger partial charge in [-0.15, -0.1) is 0 Å². The summed E-state index contributed by atoms with van der Waals surface area (Å²) in [5.41, 5.74) is 3.79. The zero-order valence-electron chi connectivity index (χ0n) is 20.6. The number of nitrogens with zero attached hydrogens (tertiary/aromatic N) is 3. The SMILES string of the molecule is CCc1ccc2oc(-c3ccc(NC(=S)NC(=O)c4ccc(N5CCCC5)c([N+](=O)[O-])c4)cc3O)nc2c1. The highest BCUT2D eigenvalue weighted by Crippen LogP contribution is 2.34. The highest BCUT2D eigenvalue weighted by Gasteiger charge is 2.24. The summed E-state index contributed by atoms with van der Waals surface area (Å²) in [5, 5.41) is 27.6. The third-order valence-corrected chi connectivity index (χ3v) is 6.66. The molecule has 0 atom stereocenters. The molecule has 3 N–H and O–H groups in total. The maximum atomic E-state index is 12.7. The first-order valence-electron chi connectivity index (χ1n) is 12.2. The Morgan fingerprint density at radius 1 is 1.16 bits per heavy atom. The number of amides is 1. The molecule has 0 aliphatic carbocycles. The average Bonchev–Trinajstić information content (AvgIpc) is 3.58. The van der Waals surface area contributed by atoms with Crippen LogP contribution in [0.2, 0.25) is 0 Å². The Labute approximate surface area is 223 Å². The molecule has 1 amide bonds. The summed E-state index contributed by atoms with van der Waals surface area (Å²) in [6.45, 7) is 3.55. The summed E-state index contributed by atoms with van der Waals surface area (Å²) in [7, 11) is 0. The molecule has 0 bridgehead atoms. The average molecular weight is 532 g/mol. The molecule has 2 heterocycles. The van der Waals surface area contributed by atoms with Gasteiger partial charge in [0.1, 0.15) is 17.0 Å². The number of hydrogen-bond acceptors (Lipinski definition) is 8. The maximum Gasteiger partial charge on any atom is 0.293 e. The standard InChI is InChI=1S/C27H25N5O5S/c1-2-16-5-10-24-20(13-16)29-26(37-24)19-8-7-18(15-23(19)33)28-27(38)30-25(34)17-6-9-21(22(14-17)32(35)36)31-11-3-4-12-31/h5-10,13-15,33H,2-4,11-12H2,1H3,(H2,28,30,34,38). The van der Waals surface area contributed by atoms with E-state index in [-0.39, 0.29) is 28.0 Å². The van der Waals surface area contributed by atoms with Crippen molar-refractivity contribution in [3.05, 3.63) is 75.8 Å². The van der Waals surface area contributed by atoms with Crippen molar-refractivity contribution in [2.24, 2.45) is 0 Å². The van der Waals surface area contributed by atoms with E-state index in [0.29, 0.717) is 28.0 Å². The van der Waals surface area contributed by atoms with Crippen LogP contribution in [0.15, 0.2) is 59.0 Å². The summed E-state index contributed by atoms with van der Waals surface area (Å²) in [4.78, 5) is 30.3. The molecule has 0 unspecified atom stereocenters. The number of carbonyl (C=O) groups is 1. The predicted octanol–water partition coefficient (Wildman–Crippen LogP) is 5.40. The minimum absolute atomic E-state index is 0.0256. The molecule has 1 aliphatic rings. The van der Waals surface area contributed by atoms with E-state index in [1.165, 1.54) is 12.1 Å². The van der Waals surface area contributed by atoms with Crippen LogP contribution in [0.3, 0.4) is 0 Å². The fraction of sp³-hybridized carbons (Fsp3) is 0.222. The topological polar surface area (TPSA) is 134 Å². The second-order valence-electron chi connectivity index (χ2n) is 8.97. The summed E-state index contributed by atoms with van der Waals surface area (Å²) in [5.74, 6) is -0.385. The van der Waals surface area contributed by atoms with Crippen molar-refractivity contribution in [1.29, 1.82) is 0 Å². The number of hydrogen-bond donors (Lipinski definition) is 3. The van der Waals surface area contributed by atoms with Crippen LogP contribution in [0.1, 0.15) is 35.7 Å². The zero-order valence-corrected chi connectivity index (χ0v) is 21.4. The number of phenols is 1. The number of aromatic nitrogens is 1. The van der Waals surface area contributed by atoms with Gasteiger partial charge >= 0.3 is 0 Å². The molecule has 38 heavy (non-hydrogen) atoms. The Hall–Kier alpha value is -4.51. The van der Waals surface area contributed by atoms with E-state index in [2.05, 4.69) is 22.5 Å². The van der Waals surface area contributed by atoms with Crippen LogP contribution < -0.4 is 15.5 Å². The molecule has 4 aromatic rings. The number of aromatic hydroxyl groups is 1. The molecule has 1 aromatic heterocycles. The minimum Gasteiger partial charge on any atom is -0.507 e. The number of aryl methyl sites for hydroxylation is 1. The molecule has 1 aliphatic heterocycles. The molecule has 0 radical (unpaired) electrons. The van der Waals surface area contributed by atoms with Gasteiger partial charge in [0.25, 0.3) is 11.6 Å². The quantitative estimate of drug-likeness (QED) is 0.170. The number of carbonyl (C=O) groups excluding carboxylic acids is 1. The van der Waals surface area contributed by atoms with Gasteiger partial charge in [0, 0.05) is 36.5 Å². The number of fused-ring (bicyclic) bond motifs is 1. The van der Waals surface area contributed by atoms with E-state index < -0.39 is 10.8 Å². The normalized spacial score (nSPS) is 13.0. The van der Waals surface area contributed by atoms with Crippen LogP contribution in [0.25, 0.3) is 22.6 Å². The van der Waals surface area contributed by atoms with E-state index in [1.807, 2.05) is 23.1 Å². The van der Waals surface area contributed by atoms with Crippen LogP contribution >= 0.6 is 12.2 Å². The lowest BCUT2D eigenvalue weighted by Gasteiger charge is -2.18. The highest BCUT2D eigenvalue weighted by molar-refractivity contribution is 7.80. The van der Waals surface area contributed by atoms with Gasteiger partial charge in [-0.25, -0.2) is 4.98 Å². The van der Waals surface area contributed by atoms with E-state index in [9.17, 15) is 20.0 Å². The van der Waals surface area contributed by atoms with E-state index >= 15 is 0 Å². The zero-order chi connectivity index (χ0) is 26.8. The molecule has 1 fully saturated rings. The molecule has 10 nitrogen and oxygen atoms in total. The molecule has 3 aromatic carbocycles. The monoisotopic (exact) mass is 531 g/mol. The van der Waals surface area contributed by atoms with Gasteiger partial charge in [0.15, 0.2) is 10.7 Å². The number of nitro benzene ring substituents is 1. The van der Waals surface area contributed by atoms with Gasteiger partial charge in [-0.05, 0) is 73.4 Å². The third kappa shape index (κ3) is 5.14. The van der Waals surface area contributed by atoms with Crippen LogP contribution in [0, 0.1) is 10.1 Å². The molecular formula is C27H25N5O5S. The van der Waals surface area contributed by atoms with Gasteiger partial charge < -0.3 is 19.7 Å². The van der Waals surface area contributed by atoms with E-state index in [4.69, 9.17) is 16.6 Å². The molecule has 11 heteroatoms. The molecular weight excluding hydrogens is 506 g/mol. The second kappa shape index (κ2) is 10.5.